The molecule has 1 atom stereocenters. The summed E-state index contributed by atoms with van der Waals surface area (Å²) in [6, 6.07) is 15.7. The molecule has 3 aromatic rings. The molecule has 0 saturated carbocycles. The van der Waals surface area contributed by atoms with Crippen molar-refractivity contribution in [3.63, 3.8) is 0 Å². The van der Waals surface area contributed by atoms with Gasteiger partial charge in [0.1, 0.15) is 11.3 Å². The molecule has 7 heteroatoms. The smallest absolute Gasteiger partial charge is 0.290 e. The molecule has 0 spiro atoms. The monoisotopic (exact) mass is 490 g/mol. The highest BCUT2D eigenvalue weighted by Crippen LogP contribution is 2.40. The first-order valence-corrected chi connectivity index (χ1v) is 12.7. The lowest BCUT2D eigenvalue weighted by atomic mass is 9.95. The van der Waals surface area contributed by atoms with Gasteiger partial charge in [0.25, 0.3) is 5.91 Å². The van der Waals surface area contributed by atoms with Gasteiger partial charge in [-0.25, -0.2) is 0 Å². The van der Waals surface area contributed by atoms with Gasteiger partial charge in [0.05, 0.1) is 18.2 Å². The summed E-state index contributed by atoms with van der Waals surface area (Å²) < 4.78 is 11.6. The molecule has 36 heavy (non-hydrogen) atoms. The molecular weight excluding hydrogens is 456 g/mol. The van der Waals surface area contributed by atoms with E-state index in [-0.39, 0.29) is 11.3 Å². The van der Waals surface area contributed by atoms with Crippen LogP contribution in [0.25, 0.3) is 11.0 Å². The van der Waals surface area contributed by atoms with Crippen LogP contribution >= 0.6 is 0 Å². The summed E-state index contributed by atoms with van der Waals surface area (Å²) in [5.41, 5.74) is 1.35. The van der Waals surface area contributed by atoms with E-state index in [1.54, 1.807) is 17.0 Å². The average Bonchev–Trinajstić information content (AvgIpc) is 3.44. The van der Waals surface area contributed by atoms with Crippen LogP contribution in [0.15, 0.2) is 70.3 Å². The second-order valence-electron chi connectivity index (χ2n) is 8.94. The van der Waals surface area contributed by atoms with Crippen LogP contribution in [0.1, 0.15) is 55.8 Å². The molecule has 1 unspecified atom stereocenters. The normalized spacial score (nSPS) is 15.9. The summed E-state index contributed by atoms with van der Waals surface area (Å²) in [5.74, 6) is -0.732. The third kappa shape index (κ3) is 5.16. The summed E-state index contributed by atoms with van der Waals surface area (Å²) in [7, 11) is 0. The van der Waals surface area contributed by atoms with Crippen molar-refractivity contribution in [2.45, 2.75) is 39.7 Å². The number of carbonyl (C=O) groups excluding carboxylic acids is 2. The van der Waals surface area contributed by atoms with Gasteiger partial charge in [0.2, 0.25) is 5.78 Å². The average molecular weight is 491 g/mol. The van der Waals surface area contributed by atoms with Crippen LogP contribution in [-0.2, 0) is 4.79 Å². The summed E-state index contributed by atoms with van der Waals surface area (Å²) in [6.45, 7) is 9.56. The van der Waals surface area contributed by atoms with Gasteiger partial charge in [-0.2, -0.15) is 0 Å². The predicted octanol–water partition coefficient (Wildman–Crippen LogP) is 5.53. The first-order valence-electron chi connectivity index (χ1n) is 12.7. The van der Waals surface area contributed by atoms with E-state index in [0.29, 0.717) is 25.3 Å². The topological polar surface area (TPSA) is 83.2 Å². The highest BCUT2D eigenvalue weighted by atomic mass is 16.5. The van der Waals surface area contributed by atoms with E-state index in [9.17, 15) is 14.7 Å². The summed E-state index contributed by atoms with van der Waals surface area (Å²) in [4.78, 5) is 30.7. The van der Waals surface area contributed by atoms with E-state index >= 15 is 0 Å². The minimum absolute atomic E-state index is 0.0401. The number of carbonyl (C=O) groups is 2. The van der Waals surface area contributed by atoms with Crippen LogP contribution in [-0.4, -0.2) is 59.4 Å². The zero-order valence-electron chi connectivity index (χ0n) is 21.2. The molecule has 1 aliphatic rings. The SMILES string of the molecule is CCCCOc1ccc(C2C(C(=O)c3cc4ccccc4o3)=C(O)C(=O)N2CCN(CC)CC)cc1. The number of ketones is 1. The fraction of sp³-hybridized carbons (Fsp3) is 0.379. The standard InChI is InChI=1S/C29H34N2O5/c1-4-7-18-35-22-14-12-20(13-15-22)26-25(27(32)24-19-21-10-8-9-11-23(21)36-24)28(33)29(34)31(26)17-16-30(5-2)6-3/h8-15,19,26,33H,4-7,16-18H2,1-3H3. The maximum absolute atomic E-state index is 13.7. The largest absolute Gasteiger partial charge is 0.503 e. The molecule has 4 rings (SSSR count). The molecule has 7 nitrogen and oxygen atoms in total. The number of hydrogen-bond acceptors (Lipinski definition) is 6. The Hall–Kier alpha value is -3.58. The number of ether oxygens (including phenoxy) is 1. The number of aliphatic hydroxyl groups excluding tert-OH is 1. The molecule has 1 amide bonds. The second-order valence-corrected chi connectivity index (χ2v) is 8.94. The molecular formula is C29H34N2O5. The third-order valence-corrected chi connectivity index (χ3v) is 6.71. The molecule has 0 fully saturated rings. The van der Waals surface area contributed by atoms with Gasteiger partial charge in [0.15, 0.2) is 11.5 Å². The number of fused-ring (bicyclic) bond motifs is 1. The number of hydrogen-bond donors (Lipinski definition) is 1. The number of rotatable bonds is 12. The molecule has 0 bridgehead atoms. The Morgan fingerprint density at radius 2 is 1.81 bits per heavy atom. The number of aliphatic hydroxyl groups is 1. The Morgan fingerprint density at radius 3 is 2.47 bits per heavy atom. The van der Waals surface area contributed by atoms with Crippen LogP contribution in [0.3, 0.4) is 0 Å². The Labute approximate surface area is 211 Å². The summed E-state index contributed by atoms with van der Waals surface area (Å²) in [6.07, 6.45) is 2.01. The number of para-hydroxylation sites is 1. The lowest BCUT2D eigenvalue weighted by molar-refractivity contribution is -0.129. The van der Waals surface area contributed by atoms with E-state index in [1.165, 1.54) is 0 Å². The Bertz CT molecular complexity index is 1210. The van der Waals surface area contributed by atoms with Crippen LogP contribution in [0.4, 0.5) is 0 Å². The fourth-order valence-corrected chi connectivity index (χ4v) is 4.56. The number of amides is 1. The molecule has 2 aromatic carbocycles. The first-order chi connectivity index (χ1) is 17.5. The molecule has 190 valence electrons. The number of Topliss-reactive ketones (excluding diaryl/α,β-unsaturated/α-hetero) is 1. The predicted molar refractivity (Wildman–Crippen MR) is 139 cm³/mol. The highest BCUT2D eigenvalue weighted by Gasteiger charge is 2.44. The number of likely N-dealkylation sites (N-methyl/N-ethyl adjacent to an activating group) is 1. The highest BCUT2D eigenvalue weighted by molar-refractivity contribution is 6.16. The zero-order valence-corrected chi connectivity index (χ0v) is 21.2. The molecule has 1 aromatic heterocycles. The molecule has 1 N–H and O–H groups in total. The van der Waals surface area contributed by atoms with Crippen LogP contribution < -0.4 is 4.74 Å². The maximum Gasteiger partial charge on any atom is 0.290 e. The minimum Gasteiger partial charge on any atom is -0.503 e. The Morgan fingerprint density at radius 1 is 1.08 bits per heavy atom. The van der Waals surface area contributed by atoms with Crippen molar-refractivity contribution < 1.29 is 23.8 Å². The molecule has 2 heterocycles. The molecule has 0 radical (unpaired) electrons. The van der Waals surface area contributed by atoms with Gasteiger partial charge in [0, 0.05) is 18.5 Å². The van der Waals surface area contributed by atoms with Gasteiger partial charge in [-0.05, 0) is 49.3 Å². The third-order valence-electron chi connectivity index (χ3n) is 6.71. The Kier molecular flexibility index (Phi) is 8.10. The fourth-order valence-electron chi connectivity index (χ4n) is 4.56. The van der Waals surface area contributed by atoms with Crippen molar-refractivity contribution in [2.75, 3.05) is 32.8 Å². The molecule has 1 aliphatic heterocycles. The van der Waals surface area contributed by atoms with Crippen LogP contribution in [0, 0.1) is 0 Å². The van der Waals surface area contributed by atoms with Crippen molar-refractivity contribution in [3.8, 4) is 5.75 Å². The number of nitrogens with zero attached hydrogens (tertiary/aromatic N) is 2. The Balaban J connectivity index is 1.69. The lowest BCUT2D eigenvalue weighted by Crippen LogP contribution is -2.38. The second kappa shape index (κ2) is 11.4. The van der Waals surface area contributed by atoms with Crippen molar-refractivity contribution in [3.05, 3.63) is 77.3 Å². The minimum atomic E-state index is -0.724. The molecule has 0 saturated heterocycles. The van der Waals surface area contributed by atoms with E-state index in [2.05, 4.69) is 25.7 Å². The first kappa shape index (κ1) is 25.5. The van der Waals surface area contributed by atoms with Crippen molar-refractivity contribution in [1.29, 1.82) is 0 Å². The quantitative estimate of drug-likeness (QED) is 0.265. The summed E-state index contributed by atoms with van der Waals surface area (Å²) in [5, 5.41) is 11.7. The van der Waals surface area contributed by atoms with Crippen molar-refractivity contribution >= 4 is 22.7 Å². The van der Waals surface area contributed by atoms with E-state index in [0.717, 1.165) is 42.6 Å². The molecule has 0 aliphatic carbocycles. The summed E-state index contributed by atoms with van der Waals surface area (Å²) >= 11 is 0. The lowest BCUT2D eigenvalue weighted by Gasteiger charge is -2.29. The van der Waals surface area contributed by atoms with Gasteiger partial charge in [-0.3, -0.25) is 9.59 Å². The van der Waals surface area contributed by atoms with Crippen molar-refractivity contribution in [1.82, 2.24) is 9.80 Å². The van der Waals surface area contributed by atoms with E-state index in [4.69, 9.17) is 9.15 Å². The van der Waals surface area contributed by atoms with Crippen LogP contribution in [0.2, 0.25) is 0 Å². The number of unbranched alkanes of at least 4 members (excludes halogenated alkanes) is 1. The van der Waals surface area contributed by atoms with E-state index < -0.39 is 23.5 Å². The van der Waals surface area contributed by atoms with Gasteiger partial charge < -0.3 is 24.1 Å². The zero-order chi connectivity index (χ0) is 25.7. The van der Waals surface area contributed by atoms with Gasteiger partial charge >= 0.3 is 0 Å². The number of benzene rings is 2. The van der Waals surface area contributed by atoms with Crippen LogP contribution in [0.5, 0.6) is 5.75 Å². The number of furan rings is 1. The maximum atomic E-state index is 13.7. The van der Waals surface area contributed by atoms with Crippen molar-refractivity contribution in [2.24, 2.45) is 0 Å². The van der Waals surface area contributed by atoms with Gasteiger partial charge in [-0.15, -0.1) is 0 Å². The van der Waals surface area contributed by atoms with Gasteiger partial charge in [-0.1, -0.05) is 57.5 Å². The van der Waals surface area contributed by atoms with E-state index in [1.807, 2.05) is 42.5 Å².